The molecule has 0 unspecified atom stereocenters. The van der Waals surface area contributed by atoms with Gasteiger partial charge in [0.15, 0.2) is 0 Å². The Morgan fingerprint density at radius 3 is 2.45 bits per heavy atom. The van der Waals surface area contributed by atoms with Crippen LogP contribution in [0.15, 0.2) is 53.6 Å². The van der Waals surface area contributed by atoms with E-state index in [-0.39, 0.29) is 11.9 Å². The first-order valence-corrected chi connectivity index (χ1v) is 10.1. The van der Waals surface area contributed by atoms with Gasteiger partial charge >= 0.3 is 0 Å². The molecule has 2 aromatic carbocycles. The van der Waals surface area contributed by atoms with Gasteiger partial charge in [-0.15, -0.1) is 0 Å². The molecule has 0 radical (unpaired) electrons. The van der Waals surface area contributed by atoms with E-state index in [0.717, 1.165) is 54.3 Å². The van der Waals surface area contributed by atoms with Crippen LogP contribution in [-0.2, 0) is 4.79 Å². The van der Waals surface area contributed by atoms with E-state index >= 15 is 0 Å². The van der Waals surface area contributed by atoms with Crippen molar-refractivity contribution in [2.24, 2.45) is 5.10 Å². The molecule has 1 atom stereocenters. The number of ether oxygens (including phenoxy) is 2. The summed E-state index contributed by atoms with van der Waals surface area (Å²) in [4.78, 5) is 15.4. The maximum Gasteiger partial charge on any atom is 0.257 e. The Morgan fingerprint density at radius 2 is 1.76 bits per heavy atom. The van der Waals surface area contributed by atoms with E-state index in [1.165, 1.54) is 0 Å². The number of hydrogen-bond acceptors (Lipinski definition) is 5. The Balaban J connectivity index is 1.62. The zero-order valence-electron chi connectivity index (χ0n) is 17.0. The van der Waals surface area contributed by atoms with Crippen molar-refractivity contribution < 1.29 is 14.3 Å². The van der Waals surface area contributed by atoms with Crippen molar-refractivity contribution in [3.8, 4) is 11.5 Å². The van der Waals surface area contributed by atoms with E-state index < -0.39 is 0 Å². The Labute approximate surface area is 171 Å². The second-order valence-electron chi connectivity index (χ2n) is 7.49. The number of carbonyl (C=O) groups is 1. The second-order valence-corrected chi connectivity index (χ2v) is 7.49. The molecule has 1 fully saturated rings. The summed E-state index contributed by atoms with van der Waals surface area (Å²) >= 11 is 0. The Morgan fingerprint density at radius 1 is 1.03 bits per heavy atom. The molecular weight excluding hydrogens is 366 g/mol. The quantitative estimate of drug-likeness (QED) is 0.754. The summed E-state index contributed by atoms with van der Waals surface area (Å²) in [6.45, 7) is 2.39. The van der Waals surface area contributed by atoms with E-state index in [9.17, 15) is 4.79 Å². The molecule has 0 saturated carbocycles. The lowest BCUT2D eigenvalue weighted by molar-refractivity contribution is -0.134. The fraction of sp³-hybridized carbons (Fsp3) is 0.391. The van der Waals surface area contributed by atoms with Gasteiger partial charge in [0.05, 0.1) is 32.5 Å². The highest BCUT2D eigenvalue weighted by Gasteiger charge is 2.34. The molecule has 0 aliphatic carbocycles. The molecule has 2 aromatic rings. The van der Waals surface area contributed by atoms with Crippen LogP contribution in [0.3, 0.4) is 0 Å². The number of rotatable bonds is 6. The number of likely N-dealkylation sites (tertiary alicyclic amines) is 1. The Kier molecular flexibility index (Phi) is 5.81. The van der Waals surface area contributed by atoms with E-state index in [1.807, 2.05) is 48.5 Å². The predicted octanol–water partition coefficient (Wildman–Crippen LogP) is 3.48. The van der Waals surface area contributed by atoms with Crippen molar-refractivity contribution in [2.75, 3.05) is 33.9 Å². The minimum absolute atomic E-state index is 0.0447. The molecule has 2 aliphatic rings. The monoisotopic (exact) mass is 393 g/mol. The Hall–Kier alpha value is -2.86. The van der Waals surface area contributed by atoms with Gasteiger partial charge in [0, 0.05) is 6.42 Å². The molecule has 2 aliphatic heterocycles. The third-order valence-corrected chi connectivity index (χ3v) is 5.63. The highest BCUT2D eigenvalue weighted by molar-refractivity contribution is 6.03. The van der Waals surface area contributed by atoms with Crippen molar-refractivity contribution in [3.05, 3.63) is 59.7 Å². The summed E-state index contributed by atoms with van der Waals surface area (Å²) < 4.78 is 10.6. The van der Waals surface area contributed by atoms with Crippen LogP contribution in [0.25, 0.3) is 0 Å². The molecule has 1 saturated heterocycles. The molecule has 2 heterocycles. The summed E-state index contributed by atoms with van der Waals surface area (Å²) in [5.41, 5.74) is 2.96. The number of nitrogens with zero attached hydrogens (tertiary/aromatic N) is 3. The lowest BCUT2D eigenvalue weighted by Gasteiger charge is -2.24. The van der Waals surface area contributed by atoms with E-state index in [4.69, 9.17) is 14.6 Å². The van der Waals surface area contributed by atoms with Crippen molar-refractivity contribution in [1.82, 2.24) is 9.91 Å². The molecule has 4 rings (SSSR count). The predicted molar refractivity (Wildman–Crippen MR) is 112 cm³/mol. The number of hydrazone groups is 1. The van der Waals surface area contributed by atoms with Crippen LogP contribution in [0.4, 0.5) is 0 Å². The molecule has 0 bridgehead atoms. The van der Waals surface area contributed by atoms with E-state index in [2.05, 4.69) is 4.90 Å². The van der Waals surface area contributed by atoms with Crippen LogP contribution in [0, 0.1) is 0 Å². The molecule has 152 valence electrons. The van der Waals surface area contributed by atoms with Crippen molar-refractivity contribution in [3.63, 3.8) is 0 Å². The van der Waals surface area contributed by atoms with Gasteiger partial charge < -0.3 is 9.47 Å². The molecule has 0 N–H and O–H groups in total. The molecule has 0 aromatic heterocycles. The fourth-order valence-corrected chi connectivity index (χ4v) is 4.01. The third kappa shape index (κ3) is 4.27. The summed E-state index contributed by atoms with van der Waals surface area (Å²) in [6.07, 6.45) is 2.99. The number of hydrogen-bond donors (Lipinski definition) is 0. The zero-order chi connectivity index (χ0) is 20.2. The lowest BCUT2D eigenvalue weighted by Crippen LogP contribution is -2.36. The average molecular weight is 393 g/mol. The average Bonchev–Trinajstić information content (AvgIpc) is 3.44. The van der Waals surface area contributed by atoms with Crippen LogP contribution in [0.2, 0.25) is 0 Å². The van der Waals surface area contributed by atoms with Gasteiger partial charge in [-0.25, -0.2) is 5.01 Å². The minimum atomic E-state index is -0.127. The Bertz CT molecular complexity index is 888. The molecule has 1 amide bonds. The first-order chi connectivity index (χ1) is 14.2. The van der Waals surface area contributed by atoms with E-state index in [1.54, 1.807) is 19.2 Å². The van der Waals surface area contributed by atoms with Gasteiger partial charge in [0.1, 0.15) is 11.5 Å². The van der Waals surface area contributed by atoms with Gasteiger partial charge in [-0.05, 0) is 73.5 Å². The zero-order valence-corrected chi connectivity index (χ0v) is 17.0. The van der Waals surface area contributed by atoms with Gasteiger partial charge in [-0.3, -0.25) is 9.69 Å². The fourth-order valence-electron chi connectivity index (χ4n) is 4.01. The van der Waals surface area contributed by atoms with Crippen LogP contribution in [0.5, 0.6) is 11.5 Å². The van der Waals surface area contributed by atoms with Gasteiger partial charge in [0.2, 0.25) is 0 Å². The van der Waals surface area contributed by atoms with E-state index in [0.29, 0.717) is 13.0 Å². The van der Waals surface area contributed by atoms with Gasteiger partial charge in [-0.1, -0.05) is 12.1 Å². The molecule has 6 heteroatoms. The number of carbonyl (C=O) groups excluding carboxylic acids is 1. The standard InChI is InChI=1S/C23H27N3O3/c1-28-19-10-8-17(9-11-19)21-15-22(18-6-5-7-20(14-18)29-2)26(24-21)23(27)16-25-12-3-4-13-25/h5-11,14,22H,3-4,12-13,15-16H2,1-2H3/t22-/m1/s1. The third-order valence-electron chi connectivity index (χ3n) is 5.63. The van der Waals surface area contributed by atoms with Crippen LogP contribution < -0.4 is 9.47 Å². The summed E-state index contributed by atoms with van der Waals surface area (Å²) in [5, 5.41) is 6.43. The van der Waals surface area contributed by atoms with Crippen molar-refractivity contribution in [2.45, 2.75) is 25.3 Å². The maximum atomic E-state index is 13.1. The second kappa shape index (κ2) is 8.66. The van der Waals surface area contributed by atoms with Crippen molar-refractivity contribution >= 4 is 11.6 Å². The number of amides is 1. The molecule has 0 spiro atoms. The van der Waals surface area contributed by atoms with Gasteiger partial charge in [0.25, 0.3) is 5.91 Å². The lowest BCUT2D eigenvalue weighted by atomic mass is 9.98. The van der Waals surface area contributed by atoms with Crippen LogP contribution in [0.1, 0.15) is 36.4 Å². The SMILES string of the molecule is COc1ccc(C2=NN(C(=O)CN3CCCC3)[C@@H](c3cccc(OC)c3)C2)cc1. The molecule has 6 nitrogen and oxygen atoms in total. The number of benzene rings is 2. The largest absolute Gasteiger partial charge is 0.497 e. The topological polar surface area (TPSA) is 54.4 Å². The van der Waals surface area contributed by atoms with Crippen LogP contribution >= 0.6 is 0 Å². The van der Waals surface area contributed by atoms with Gasteiger partial charge in [-0.2, -0.15) is 5.10 Å². The highest BCUT2D eigenvalue weighted by atomic mass is 16.5. The maximum absolute atomic E-state index is 13.1. The first kappa shape index (κ1) is 19.5. The summed E-state index contributed by atoms with van der Waals surface area (Å²) in [5.74, 6) is 1.63. The highest BCUT2D eigenvalue weighted by Crippen LogP contribution is 2.34. The van der Waals surface area contributed by atoms with Crippen molar-refractivity contribution in [1.29, 1.82) is 0 Å². The smallest absolute Gasteiger partial charge is 0.257 e. The molecular formula is C23H27N3O3. The summed E-state index contributed by atoms with van der Waals surface area (Å²) in [6, 6.07) is 15.6. The summed E-state index contributed by atoms with van der Waals surface area (Å²) in [7, 11) is 3.31. The normalized spacial score (nSPS) is 19.3. The molecule has 29 heavy (non-hydrogen) atoms. The first-order valence-electron chi connectivity index (χ1n) is 10.1. The van der Waals surface area contributed by atoms with Crippen LogP contribution in [-0.4, -0.2) is 55.4 Å². The number of methoxy groups -OCH3 is 2. The minimum Gasteiger partial charge on any atom is -0.497 e.